The summed E-state index contributed by atoms with van der Waals surface area (Å²) >= 11 is 0. The van der Waals surface area contributed by atoms with Gasteiger partial charge in [-0.05, 0) is 23.6 Å². The van der Waals surface area contributed by atoms with E-state index in [1.54, 1.807) is 18.2 Å². The van der Waals surface area contributed by atoms with Gasteiger partial charge in [0.05, 0.1) is 16.3 Å². The van der Waals surface area contributed by atoms with Gasteiger partial charge in [0.2, 0.25) is 0 Å². The Hall–Kier alpha value is -3.28. The number of rotatable bonds is 3. The Balaban J connectivity index is 1.98. The van der Waals surface area contributed by atoms with Crippen LogP contribution in [0.15, 0.2) is 70.9 Å². The highest BCUT2D eigenvalue weighted by Gasteiger charge is 2.05. The summed E-state index contributed by atoms with van der Waals surface area (Å²) in [6.07, 6.45) is 0. The lowest BCUT2D eigenvalue weighted by atomic mass is 10.1. The summed E-state index contributed by atoms with van der Waals surface area (Å²) in [5, 5.41) is 20.9. The van der Waals surface area contributed by atoms with E-state index in [0.717, 1.165) is 10.8 Å². The standard InChI is InChI=1S/C16H12N4O2/c17-15-10-5-11-3-1-2-4-14(11)16(15)19-18-12-6-8-13(9-7-12)20(21)22/h1-10H,17H2. The molecule has 2 N–H and O–H groups in total. The minimum Gasteiger partial charge on any atom is -0.397 e. The number of hydrogen-bond acceptors (Lipinski definition) is 5. The summed E-state index contributed by atoms with van der Waals surface area (Å²) in [6.45, 7) is 0. The molecule has 3 rings (SSSR count). The molecule has 0 unspecified atom stereocenters. The number of benzene rings is 3. The lowest BCUT2D eigenvalue weighted by Gasteiger charge is -2.04. The van der Waals surface area contributed by atoms with Crippen molar-refractivity contribution >= 4 is 33.5 Å². The molecular formula is C16H12N4O2. The Morgan fingerprint density at radius 2 is 1.64 bits per heavy atom. The van der Waals surface area contributed by atoms with E-state index in [1.807, 2.05) is 30.3 Å². The molecule has 6 nitrogen and oxygen atoms in total. The molecule has 0 saturated heterocycles. The maximum Gasteiger partial charge on any atom is 0.269 e. The fourth-order valence-electron chi connectivity index (χ4n) is 2.13. The van der Waals surface area contributed by atoms with Gasteiger partial charge in [-0.3, -0.25) is 10.1 Å². The van der Waals surface area contributed by atoms with Crippen LogP contribution in [0.4, 0.5) is 22.7 Å². The van der Waals surface area contributed by atoms with Crippen LogP contribution in [0.1, 0.15) is 0 Å². The van der Waals surface area contributed by atoms with Crippen LogP contribution >= 0.6 is 0 Å². The molecule has 3 aromatic rings. The second-order valence-corrected chi connectivity index (χ2v) is 4.70. The summed E-state index contributed by atoms with van der Waals surface area (Å²) in [4.78, 5) is 10.2. The van der Waals surface area contributed by atoms with Crippen molar-refractivity contribution in [3.05, 3.63) is 70.8 Å². The third-order valence-electron chi connectivity index (χ3n) is 3.26. The Morgan fingerprint density at radius 3 is 2.36 bits per heavy atom. The SMILES string of the molecule is Nc1ccc2ccccc2c1N=Nc1ccc([N+](=O)[O-])cc1. The van der Waals surface area contributed by atoms with E-state index < -0.39 is 4.92 Å². The molecule has 0 amide bonds. The Kier molecular flexibility index (Phi) is 3.49. The molecule has 0 atom stereocenters. The van der Waals surface area contributed by atoms with Gasteiger partial charge in [0, 0.05) is 17.5 Å². The zero-order chi connectivity index (χ0) is 15.5. The van der Waals surface area contributed by atoms with Gasteiger partial charge in [-0.1, -0.05) is 30.3 Å². The molecule has 6 heteroatoms. The van der Waals surface area contributed by atoms with Gasteiger partial charge in [0.15, 0.2) is 0 Å². The van der Waals surface area contributed by atoms with Gasteiger partial charge < -0.3 is 5.73 Å². The van der Waals surface area contributed by atoms with Gasteiger partial charge in [-0.2, -0.15) is 5.11 Å². The van der Waals surface area contributed by atoms with Crippen LogP contribution in [0.5, 0.6) is 0 Å². The molecule has 0 aliphatic rings. The van der Waals surface area contributed by atoms with Crippen LogP contribution in [0.25, 0.3) is 10.8 Å². The summed E-state index contributed by atoms with van der Waals surface area (Å²) in [7, 11) is 0. The van der Waals surface area contributed by atoms with Gasteiger partial charge in [0.25, 0.3) is 5.69 Å². The highest BCUT2D eigenvalue weighted by atomic mass is 16.6. The van der Waals surface area contributed by atoms with E-state index in [1.165, 1.54) is 12.1 Å². The first-order valence-corrected chi connectivity index (χ1v) is 6.58. The van der Waals surface area contributed by atoms with Crippen LogP contribution in [0.2, 0.25) is 0 Å². The third-order valence-corrected chi connectivity index (χ3v) is 3.26. The molecule has 108 valence electrons. The highest BCUT2D eigenvalue weighted by Crippen LogP contribution is 2.33. The number of hydrogen-bond donors (Lipinski definition) is 1. The number of azo groups is 1. The van der Waals surface area contributed by atoms with Gasteiger partial charge in [0.1, 0.15) is 5.69 Å². The Bertz CT molecular complexity index is 873. The molecule has 0 aromatic heterocycles. The largest absolute Gasteiger partial charge is 0.397 e. The Morgan fingerprint density at radius 1 is 0.909 bits per heavy atom. The van der Waals surface area contributed by atoms with Crippen molar-refractivity contribution in [1.29, 1.82) is 0 Å². The molecule has 0 radical (unpaired) electrons. The van der Waals surface area contributed by atoms with Crippen molar-refractivity contribution < 1.29 is 4.92 Å². The zero-order valence-corrected chi connectivity index (χ0v) is 11.5. The van der Waals surface area contributed by atoms with Crippen LogP contribution in [-0.4, -0.2) is 4.92 Å². The van der Waals surface area contributed by atoms with E-state index in [-0.39, 0.29) is 5.69 Å². The maximum absolute atomic E-state index is 10.6. The van der Waals surface area contributed by atoms with E-state index in [2.05, 4.69) is 10.2 Å². The first-order valence-electron chi connectivity index (χ1n) is 6.58. The predicted molar refractivity (Wildman–Crippen MR) is 85.6 cm³/mol. The number of nitro benzene ring substituents is 1. The third kappa shape index (κ3) is 2.62. The fraction of sp³-hybridized carbons (Fsp3) is 0. The quantitative estimate of drug-likeness (QED) is 0.327. The first kappa shape index (κ1) is 13.7. The van der Waals surface area contributed by atoms with Crippen molar-refractivity contribution in [2.45, 2.75) is 0 Å². The molecular weight excluding hydrogens is 280 g/mol. The van der Waals surface area contributed by atoms with E-state index >= 15 is 0 Å². The number of fused-ring (bicyclic) bond motifs is 1. The Labute approximate surface area is 126 Å². The van der Waals surface area contributed by atoms with Crippen molar-refractivity contribution in [2.24, 2.45) is 10.2 Å². The van der Waals surface area contributed by atoms with E-state index in [9.17, 15) is 10.1 Å². The van der Waals surface area contributed by atoms with Crippen LogP contribution in [0.3, 0.4) is 0 Å². The van der Waals surface area contributed by atoms with E-state index in [0.29, 0.717) is 17.1 Å². The summed E-state index contributed by atoms with van der Waals surface area (Å²) < 4.78 is 0. The van der Waals surface area contributed by atoms with Crippen LogP contribution in [-0.2, 0) is 0 Å². The van der Waals surface area contributed by atoms with E-state index in [4.69, 9.17) is 5.73 Å². The van der Waals surface area contributed by atoms with Gasteiger partial charge in [-0.25, -0.2) is 0 Å². The summed E-state index contributed by atoms with van der Waals surface area (Å²) in [5.74, 6) is 0. The maximum atomic E-state index is 10.6. The minimum atomic E-state index is -0.455. The number of nitrogen functional groups attached to an aromatic ring is 1. The lowest BCUT2D eigenvalue weighted by Crippen LogP contribution is -1.86. The molecule has 0 saturated carbocycles. The average Bonchev–Trinajstić information content (AvgIpc) is 2.54. The highest BCUT2D eigenvalue weighted by molar-refractivity contribution is 5.97. The molecule has 0 bridgehead atoms. The number of anilines is 1. The molecule has 0 heterocycles. The normalized spacial score (nSPS) is 11.1. The van der Waals surface area contributed by atoms with Crippen molar-refractivity contribution in [2.75, 3.05) is 5.73 Å². The first-order chi connectivity index (χ1) is 10.6. The monoisotopic (exact) mass is 292 g/mol. The average molecular weight is 292 g/mol. The second-order valence-electron chi connectivity index (χ2n) is 4.70. The van der Waals surface area contributed by atoms with Crippen molar-refractivity contribution in [3.63, 3.8) is 0 Å². The van der Waals surface area contributed by atoms with Crippen LogP contribution in [0, 0.1) is 10.1 Å². The van der Waals surface area contributed by atoms with Crippen molar-refractivity contribution in [1.82, 2.24) is 0 Å². The number of nitrogens with zero attached hydrogens (tertiary/aromatic N) is 3. The number of nitrogens with two attached hydrogens (primary N) is 1. The topological polar surface area (TPSA) is 93.9 Å². The second kappa shape index (κ2) is 5.61. The minimum absolute atomic E-state index is 0.0172. The molecule has 0 fully saturated rings. The summed E-state index contributed by atoms with van der Waals surface area (Å²) in [5.41, 5.74) is 7.64. The van der Waals surface area contributed by atoms with Gasteiger partial charge in [-0.15, -0.1) is 5.11 Å². The molecule has 0 aliphatic heterocycles. The molecule has 0 spiro atoms. The fourth-order valence-corrected chi connectivity index (χ4v) is 2.13. The molecule has 22 heavy (non-hydrogen) atoms. The zero-order valence-electron chi connectivity index (χ0n) is 11.5. The molecule has 3 aromatic carbocycles. The lowest BCUT2D eigenvalue weighted by molar-refractivity contribution is -0.384. The number of nitro groups is 1. The summed E-state index contributed by atoms with van der Waals surface area (Å²) in [6, 6.07) is 17.3. The van der Waals surface area contributed by atoms with Crippen molar-refractivity contribution in [3.8, 4) is 0 Å². The predicted octanol–water partition coefficient (Wildman–Crippen LogP) is 4.75. The molecule has 0 aliphatic carbocycles. The smallest absolute Gasteiger partial charge is 0.269 e. The van der Waals surface area contributed by atoms with Gasteiger partial charge >= 0.3 is 0 Å². The van der Waals surface area contributed by atoms with Crippen LogP contribution < -0.4 is 5.73 Å². The number of non-ortho nitro benzene ring substituents is 1.